The van der Waals surface area contributed by atoms with Gasteiger partial charge in [-0.15, -0.1) is 11.3 Å². The van der Waals surface area contributed by atoms with Crippen molar-refractivity contribution >= 4 is 11.3 Å². The first-order valence-electron chi connectivity index (χ1n) is 5.93. The summed E-state index contributed by atoms with van der Waals surface area (Å²) in [6.45, 7) is 2.83. The minimum atomic E-state index is -0.185. The Morgan fingerprint density at radius 2 is 2.25 bits per heavy atom. The van der Waals surface area contributed by atoms with Gasteiger partial charge in [0.2, 0.25) is 0 Å². The van der Waals surface area contributed by atoms with Gasteiger partial charge < -0.3 is 9.84 Å². The maximum atomic E-state index is 9.92. The molecule has 92 valence electrons. The number of aliphatic hydroxyl groups excluding tert-OH is 1. The van der Waals surface area contributed by atoms with E-state index in [2.05, 4.69) is 24.4 Å². The van der Waals surface area contributed by atoms with E-state index < -0.39 is 0 Å². The van der Waals surface area contributed by atoms with Crippen LogP contribution in [0.15, 0.2) is 17.5 Å². The molecule has 2 nitrogen and oxygen atoms in total. The molecular weight excluding hydrogens is 220 g/mol. The zero-order valence-electron chi connectivity index (χ0n) is 10.2. The third kappa shape index (κ3) is 5.10. The van der Waals surface area contributed by atoms with E-state index in [1.165, 1.54) is 4.88 Å². The molecule has 0 radical (unpaired) electrons. The van der Waals surface area contributed by atoms with Crippen LogP contribution in [0.4, 0.5) is 0 Å². The van der Waals surface area contributed by atoms with E-state index in [9.17, 15) is 5.11 Å². The third-order valence-electron chi connectivity index (χ3n) is 2.94. The molecule has 0 aliphatic heterocycles. The molecule has 0 amide bonds. The Balaban J connectivity index is 2.11. The molecule has 0 aromatic carbocycles. The fourth-order valence-corrected chi connectivity index (χ4v) is 2.47. The predicted octanol–water partition coefficient (Wildman–Crippen LogP) is 3.10. The summed E-state index contributed by atoms with van der Waals surface area (Å²) < 4.78 is 5.02. The average Bonchev–Trinajstić information content (AvgIpc) is 2.78. The smallest absolute Gasteiger partial charge is 0.0566 e. The van der Waals surface area contributed by atoms with Gasteiger partial charge in [0.25, 0.3) is 0 Å². The molecule has 1 rings (SSSR count). The fraction of sp³-hybridized carbons (Fsp3) is 0.692. The second-order valence-electron chi connectivity index (χ2n) is 4.30. The number of aryl methyl sites for hydroxylation is 1. The summed E-state index contributed by atoms with van der Waals surface area (Å²) in [6, 6.07) is 4.24. The summed E-state index contributed by atoms with van der Waals surface area (Å²) in [5.41, 5.74) is 0. The number of aliphatic hydroxyl groups is 1. The van der Waals surface area contributed by atoms with Crippen molar-refractivity contribution in [3.8, 4) is 0 Å². The van der Waals surface area contributed by atoms with Crippen LogP contribution in [-0.4, -0.2) is 24.9 Å². The van der Waals surface area contributed by atoms with Crippen molar-refractivity contribution in [2.45, 2.75) is 38.7 Å². The highest BCUT2D eigenvalue weighted by atomic mass is 32.1. The van der Waals surface area contributed by atoms with E-state index in [1.54, 1.807) is 18.4 Å². The molecule has 0 spiro atoms. The monoisotopic (exact) mass is 242 g/mol. The summed E-state index contributed by atoms with van der Waals surface area (Å²) in [4.78, 5) is 1.41. The van der Waals surface area contributed by atoms with Crippen LogP contribution in [0, 0.1) is 5.92 Å². The molecule has 0 saturated heterocycles. The van der Waals surface area contributed by atoms with Crippen molar-refractivity contribution < 1.29 is 9.84 Å². The lowest BCUT2D eigenvalue weighted by Gasteiger charge is -2.18. The van der Waals surface area contributed by atoms with Crippen molar-refractivity contribution in [3.63, 3.8) is 0 Å². The molecule has 2 unspecified atom stereocenters. The Kier molecular flexibility index (Phi) is 6.69. The van der Waals surface area contributed by atoms with Crippen LogP contribution < -0.4 is 0 Å². The molecule has 0 fully saturated rings. The largest absolute Gasteiger partial charge is 0.393 e. The Hall–Kier alpha value is -0.380. The molecule has 1 aromatic heterocycles. The summed E-state index contributed by atoms with van der Waals surface area (Å²) >= 11 is 1.80. The zero-order valence-corrected chi connectivity index (χ0v) is 11.0. The van der Waals surface area contributed by atoms with E-state index in [-0.39, 0.29) is 6.10 Å². The third-order valence-corrected chi connectivity index (χ3v) is 3.87. The van der Waals surface area contributed by atoms with Gasteiger partial charge in [-0.2, -0.15) is 0 Å². The highest BCUT2D eigenvalue weighted by molar-refractivity contribution is 7.09. The van der Waals surface area contributed by atoms with E-state index in [0.29, 0.717) is 5.92 Å². The lowest BCUT2D eigenvalue weighted by atomic mass is 9.97. The molecule has 0 bridgehead atoms. The van der Waals surface area contributed by atoms with Crippen molar-refractivity contribution in [2.75, 3.05) is 13.7 Å². The normalized spacial score (nSPS) is 14.9. The highest BCUT2D eigenvalue weighted by Crippen LogP contribution is 2.17. The van der Waals surface area contributed by atoms with Crippen molar-refractivity contribution in [2.24, 2.45) is 5.92 Å². The van der Waals surface area contributed by atoms with Crippen LogP contribution in [0.3, 0.4) is 0 Å². The minimum absolute atomic E-state index is 0.185. The Labute approximate surface area is 102 Å². The number of thiophene rings is 1. The van der Waals surface area contributed by atoms with Crippen LogP contribution in [0.1, 0.15) is 31.1 Å². The van der Waals surface area contributed by atoms with Crippen LogP contribution in [0.2, 0.25) is 0 Å². The van der Waals surface area contributed by atoms with Crippen LogP contribution in [0.25, 0.3) is 0 Å². The molecule has 2 atom stereocenters. The summed E-state index contributed by atoms with van der Waals surface area (Å²) in [5.74, 6) is 0.336. The van der Waals surface area contributed by atoms with Gasteiger partial charge in [-0.1, -0.05) is 13.0 Å². The molecule has 1 aromatic rings. The van der Waals surface area contributed by atoms with E-state index in [0.717, 1.165) is 32.3 Å². The molecule has 0 saturated carbocycles. The lowest BCUT2D eigenvalue weighted by molar-refractivity contribution is 0.0805. The fourth-order valence-electron chi connectivity index (χ4n) is 1.72. The van der Waals surface area contributed by atoms with Crippen molar-refractivity contribution in [1.82, 2.24) is 0 Å². The summed E-state index contributed by atoms with van der Waals surface area (Å²) in [6.07, 6.45) is 3.81. The first-order valence-corrected chi connectivity index (χ1v) is 6.81. The van der Waals surface area contributed by atoms with Gasteiger partial charge >= 0.3 is 0 Å². The average molecular weight is 242 g/mol. The van der Waals surface area contributed by atoms with E-state index >= 15 is 0 Å². The second-order valence-corrected chi connectivity index (χ2v) is 5.33. The van der Waals surface area contributed by atoms with Gasteiger partial charge in [0.05, 0.1) is 6.10 Å². The Morgan fingerprint density at radius 3 is 2.88 bits per heavy atom. The number of methoxy groups -OCH3 is 1. The minimum Gasteiger partial charge on any atom is -0.393 e. The summed E-state index contributed by atoms with van der Waals surface area (Å²) in [5, 5.41) is 12.0. The van der Waals surface area contributed by atoms with Gasteiger partial charge in [-0.3, -0.25) is 0 Å². The van der Waals surface area contributed by atoms with Crippen LogP contribution in [0.5, 0.6) is 0 Å². The SMILES string of the molecule is COCCC(C)C(O)CCCc1cccs1. The van der Waals surface area contributed by atoms with Crippen molar-refractivity contribution in [1.29, 1.82) is 0 Å². The number of ether oxygens (including phenoxy) is 1. The maximum absolute atomic E-state index is 9.92. The number of rotatable bonds is 8. The van der Waals surface area contributed by atoms with Gasteiger partial charge in [0.15, 0.2) is 0 Å². The van der Waals surface area contributed by atoms with Crippen LogP contribution in [-0.2, 0) is 11.2 Å². The van der Waals surface area contributed by atoms with Crippen molar-refractivity contribution in [3.05, 3.63) is 22.4 Å². The maximum Gasteiger partial charge on any atom is 0.0566 e. The summed E-state index contributed by atoms with van der Waals surface area (Å²) in [7, 11) is 1.70. The second kappa shape index (κ2) is 7.82. The lowest BCUT2D eigenvalue weighted by Crippen LogP contribution is -2.19. The molecule has 0 aliphatic rings. The molecular formula is C13H22O2S. The number of hydrogen-bond donors (Lipinski definition) is 1. The molecule has 0 aliphatic carbocycles. The zero-order chi connectivity index (χ0) is 11.8. The Morgan fingerprint density at radius 1 is 1.44 bits per heavy atom. The first kappa shape index (κ1) is 13.7. The van der Waals surface area contributed by atoms with Gasteiger partial charge in [0, 0.05) is 18.6 Å². The molecule has 16 heavy (non-hydrogen) atoms. The molecule has 1 heterocycles. The highest BCUT2D eigenvalue weighted by Gasteiger charge is 2.13. The standard InChI is InChI=1S/C13H22O2S/c1-11(8-9-15-2)13(14)7-3-5-12-6-4-10-16-12/h4,6,10-11,13-14H,3,5,7-9H2,1-2H3. The Bertz CT molecular complexity index is 259. The topological polar surface area (TPSA) is 29.5 Å². The first-order chi connectivity index (χ1) is 7.74. The predicted molar refractivity (Wildman–Crippen MR) is 68.9 cm³/mol. The van der Waals surface area contributed by atoms with Gasteiger partial charge in [-0.05, 0) is 43.0 Å². The van der Waals surface area contributed by atoms with Crippen LogP contribution >= 0.6 is 11.3 Å². The van der Waals surface area contributed by atoms with E-state index in [4.69, 9.17) is 4.74 Å². The van der Waals surface area contributed by atoms with Gasteiger partial charge in [0.1, 0.15) is 0 Å². The quantitative estimate of drug-likeness (QED) is 0.759. The van der Waals surface area contributed by atoms with E-state index in [1.807, 2.05) is 0 Å². The van der Waals surface area contributed by atoms with Gasteiger partial charge in [-0.25, -0.2) is 0 Å². The number of hydrogen-bond acceptors (Lipinski definition) is 3. The molecule has 1 N–H and O–H groups in total. The molecule has 3 heteroatoms.